The van der Waals surface area contributed by atoms with Crippen LogP contribution < -0.4 is 10.5 Å². The van der Waals surface area contributed by atoms with Crippen molar-refractivity contribution in [3.05, 3.63) is 20.2 Å². The zero-order valence-corrected chi connectivity index (χ0v) is 9.64. The normalized spacial score (nSPS) is 9.73. The van der Waals surface area contributed by atoms with Crippen LogP contribution in [0.5, 0.6) is 5.75 Å². The number of nitrogen functional groups attached to an aromatic ring is 1. The molecule has 0 aliphatic carbocycles. The maximum absolute atomic E-state index is 5.59. The number of ether oxygens (including phenoxy) is 1. The molecule has 0 aliphatic rings. The van der Waals surface area contributed by atoms with Crippen LogP contribution in [0.4, 0.5) is 5.69 Å². The van der Waals surface area contributed by atoms with Gasteiger partial charge in [-0.3, -0.25) is 0 Å². The first-order valence-corrected chi connectivity index (χ1v) is 4.81. The van der Waals surface area contributed by atoms with Crippen molar-refractivity contribution < 1.29 is 4.74 Å². The van der Waals surface area contributed by atoms with Crippen LogP contribution in [0.2, 0.25) is 0 Å². The highest BCUT2D eigenvalue weighted by molar-refractivity contribution is 14.1. The summed E-state index contributed by atoms with van der Waals surface area (Å²) in [4.78, 5) is 0. The van der Waals surface area contributed by atoms with Crippen molar-refractivity contribution in [2.45, 2.75) is 0 Å². The van der Waals surface area contributed by atoms with Crippen LogP contribution in [0.15, 0.2) is 16.6 Å². The van der Waals surface area contributed by atoms with E-state index in [0.717, 1.165) is 19.5 Å². The first-order chi connectivity index (χ1) is 5.15. The van der Waals surface area contributed by atoms with E-state index in [2.05, 4.69) is 38.5 Å². The molecule has 0 fully saturated rings. The Labute approximate surface area is 87.4 Å². The highest BCUT2D eigenvalue weighted by Gasteiger charge is 2.04. The minimum Gasteiger partial charge on any atom is -0.494 e. The molecule has 1 aromatic rings. The number of hydrogen-bond donors (Lipinski definition) is 1. The highest BCUT2D eigenvalue weighted by Crippen LogP contribution is 2.32. The predicted molar refractivity (Wildman–Crippen MR) is 57.8 cm³/mol. The van der Waals surface area contributed by atoms with Crippen LogP contribution in [0.25, 0.3) is 0 Å². The summed E-state index contributed by atoms with van der Waals surface area (Å²) in [5.41, 5.74) is 6.33. The van der Waals surface area contributed by atoms with Crippen molar-refractivity contribution in [3.63, 3.8) is 0 Å². The Morgan fingerprint density at radius 3 is 2.64 bits per heavy atom. The molecule has 0 unspecified atom stereocenters. The van der Waals surface area contributed by atoms with Gasteiger partial charge >= 0.3 is 0 Å². The molecule has 4 heteroatoms. The van der Waals surface area contributed by atoms with Crippen LogP contribution >= 0.6 is 38.5 Å². The Hall–Kier alpha value is 0.0300. The molecular weight excluding hydrogens is 321 g/mol. The zero-order valence-electron chi connectivity index (χ0n) is 5.90. The Morgan fingerprint density at radius 1 is 1.55 bits per heavy atom. The van der Waals surface area contributed by atoms with Gasteiger partial charge in [0.1, 0.15) is 5.75 Å². The van der Waals surface area contributed by atoms with Crippen LogP contribution in [-0.4, -0.2) is 7.11 Å². The summed E-state index contributed by atoms with van der Waals surface area (Å²) < 4.78 is 7.02. The molecule has 0 spiro atoms. The third-order valence-corrected chi connectivity index (χ3v) is 2.62. The molecule has 0 saturated heterocycles. The van der Waals surface area contributed by atoms with Crippen molar-refractivity contribution in [2.75, 3.05) is 12.8 Å². The summed E-state index contributed by atoms with van der Waals surface area (Å²) in [6.45, 7) is 0. The van der Waals surface area contributed by atoms with E-state index in [-0.39, 0.29) is 0 Å². The lowest BCUT2D eigenvalue weighted by Gasteiger charge is -2.06. The predicted octanol–water partition coefficient (Wildman–Crippen LogP) is 2.64. The van der Waals surface area contributed by atoms with Gasteiger partial charge in [0.2, 0.25) is 0 Å². The Balaban J connectivity index is 3.25. The molecule has 60 valence electrons. The second-order valence-electron chi connectivity index (χ2n) is 2.02. The summed E-state index contributed by atoms with van der Waals surface area (Å²) in [6, 6.07) is 3.69. The SMILES string of the molecule is COc1c(Br)cc(N)cc1I. The van der Waals surface area contributed by atoms with Gasteiger partial charge in [-0.1, -0.05) is 0 Å². The van der Waals surface area contributed by atoms with Crippen molar-refractivity contribution in [2.24, 2.45) is 0 Å². The average Bonchev–Trinajstić information content (AvgIpc) is 1.85. The highest BCUT2D eigenvalue weighted by atomic mass is 127. The van der Waals surface area contributed by atoms with Gasteiger partial charge in [-0.05, 0) is 50.7 Å². The van der Waals surface area contributed by atoms with E-state index >= 15 is 0 Å². The zero-order chi connectivity index (χ0) is 8.43. The molecule has 2 N–H and O–H groups in total. The number of anilines is 1. The van der Waals surface area contributed by atoms with E-state index < -0.39 is 0 Å². The molecular formula is C7H7BrINO. The van der Waals surface area contributed by atoms with Crippen molar-refractivity contribution >= 4 is 44.2 Å². The fourth-order valence-corrected chi connectivity index (χ4v) is 2.66. The number of halogens is 2. The fraction of sp³-hybridized carbons (Fsp3) is 0.143. The van der Waals surface area contributed by atoms with Crippen molar-refractivity contribution in [3.8, 4) is 5.75 Å². The van der Waals surface area contributed by atoms with E-state index in [1.54, 1.807) is 7.11 Å². The van der Waals surface area contributed by atoms with Crippen LogP contribution in [0.1, 0.15) is 0 Å². The van der Waals surface area contributed by atoms with Gasteiger partial charge in [0, 0.05) is 5.69 Å². The quantitative estimate of drug-likeness (QED) is 0.635. The van der Waals surface area contributed by atoms with Crippen molar-refractivity contribution in [1.29, 1.82) is 0 Å². The minimum atomic E-state index is 0.738. The lowest BCUT2D eigenvalue weighted by atomic mass is 10.3. The van der Waals surface area contributed by atoms with Crippen LogP contribution in [0, 0.1) is 3.57 Å². The van der Waals surface area contributed by atoms with E-state index in [1.807, 2.05) is 12.1 Å². The minimum absolute atomic E-state index is 0.738. The summed E-state index contributed by atoms with van der Waals surface area (Å²) in [7, 11) is 1.64. The second-order valence-corrected chi connectivity index (χ2v) is 4.03. The number of rotatable bonds is 1. The van der Waals surface area contributed by atoms with Gasteiger partial charge in [0.05, 0.1) is 15.2 Å². The number of nitrogens with two attached hydrogens (primary N) is 1. The molecule has 0 bridgehead atoms. The molecule has 0 aliphatic heterocycles. The number of benzene rings is 1. The first-order valence-electron chi connectivity index (χ1n) is 2.93. The summed E-state index contributed by atoms with van der Waals surface area (Å²) >= 11 is 5.52. The second kappa shape index (κ2) is 3.62. The standard InChI is InChI=1S/C7H7BrINO/c1-11-7-5(8)2-4(10)3-6(7)9/h2-3H,10H2,1H3. The molecule has 0 radical (unpaired) electrons. The Kier molecular flexibility index (Phi) is 3.00. The lowest BCUT2D eigenvalue weighted by molar-refractivity contribution is 0.409. The van der Waals surface area contributed by atoms with E-state index in [1.165, 1.54) is 0 Å². The smallest absolute Gasteiger partial charge is 0.146 e. The van der Waals surface area contributed by atoms with Gasteiger partial charge in [-0.25, -0.2) is 0 Å². The molecule has 0 saturated carbocycles. The summed E-state index contributed by atoms with van der Waals surface area (Å²) in [5.74, 6) is 0.833. The lowest BCUT2D eigenvalue weighted by Crippen LogP contribution is -1.91. The number of hydrogen-bond acceptors (Lipinski definition) is 2. The Morgan fingerprint density at radius 2 is 2.18 bits per heavy atom. The van der Waals surface area contributed by atoms with Gasteiger partial charge in [-0.2, -0.15) is 0 Å². The monoisotopic (exact) mass is 327 g/mol. The molecule has 11 heavy (non-hydrogen) atoms. The fourth-order valence-electron chi connectivity index (χ4n) is 0.774. The molecule has 2 nitrogen and oxygen atoms in total. The van der Waals surface area contributed by atoms with E-state index in [0.29, 0.717) is 0 Å². The average molecular weight is 328 g/mol. The van der Waals surface area contributed by atoms with Crippen molar-refractivity contribution in [1.82, 2.24) is 0 Å². The summed E-state index contributed by atoms with van der Waals surface area (Å²) in [5, 5.41) is 0. The molecule has 1 rings (SSSR count). The maximum atomic E-state index is 5.59. The van der Waals surface area contributed by atoms with Gasteiger partial charge in [-0.15, -0.1) is 0 Å². The maximum Gasteiger partial charge on any atom is 0.146 e. The molecule has 0 amide bonds. The van der Waals surface area contributed by atoms with Crippen LogP contribution in [0.3, 0.4) is 0 Å². The van der Waals surface area contributed by atoms with Gasteiger partial charge < -0.3 is 10.5 Å². The van der Waals surface area contributed by atoms with Crippen LogP contribution in [-0.2, 0) is 0 Å². The van der Waals surface area contributed by atoms with Gasteiger partial charge in [0.25, 0.3) is 0 Å². The topological polar surface area (TPSA) is 35.2 Å². The van der Waals surface area contributed by atoms with E-state index in [4.69, 9.17) is 10.5 Å². The first kappa shape index (κ1) is 9.12. The summed E-state index contributed by atoms with van der Waals surface area (Å²) in [6.07, 6.45) is 0. The number of methoxy groups -OCH3 is 1. The van der Waals surface area contributed by atoms with Gasteiger partial charge in [0.15, 0.2) is 0 Å². The molecule has 0 heterocycles. The molecule has 0 atom stereocenters. The third-order valence-electron chi connectivity index (χ3n) is 1.22. The Bertz CT molecular complexity index is 254. The molecule has 0 aromatic heterocycles. The molecule has 1 aromatic carbocycles. The largest absolute Gasteiger partial charge is 0.494 e. The third kappa shape index (κ3) is 1.99. The van der Waals surface area contributed by atoms with E-state index in [9.17, 15) is 0 Å².